The molecular weight excluding hydrogens is 406 g/mol. The minimum atomic E-state index is -0.232. The van der Waals surface area contributed by atoms with E-state index in [2.05, 4.69) is 31.0 Å². The summed E-state index contributed by atoms with van der Waals surface area (Å²) in [6, 6.07) is 1.94. The predicted octanol–water partition coefficient (Wildman–Crippen LogP) is 2.52. The highest BCUT2D eigenvalue weighted by atomic mass is 35.5. The zero-order valence-electron chi connectivity index (χ0n) is 17.1. The van der Waals surface area contributed by atoms with E-state index < -0.39 is 0 Å². The molecular formula is C20H24ClN7O2. The van der Waals surface area contributed by atoms with Crippen molar-refractivity contribution in [2.45, 2.75) is 33.2 Å². The summed E-state index contributed by atoms with van der Waals surface area (Å²) in [6.45, 7) is 6.41. The number of hydrogen-bond acceptors (Lipinski definition) is 6. The number of rotatable bonds is 8. The first-order valence-electron chi connectivity index (χ1n) is 9.63. The number of halogens is 1. The van der Waals surface area contributed by atoms with Crippen LogP contribution in [0.3, 0.4) is 0 Å². The molecule has 3 rings (SSSR count). The van der Waals surface area contributed by atoms with Crippen LogP contribution in [0.1, 0.15) is 37.6 Å². The maximum absolute atomic E-state index is 12.7. The van der Waals surface area contributed by atoms with Crippen LogP contribution in [0.2, 0.25) is 5.02 Å². The topological polar surface area (TPSA) is 113 Å². The quantitative estimate of drug-likeness (QED) is 0.474. The van der Waals surface area contributed by atoms with E-state index in [9.17, 15) is 9.59 Å². The number of carbonyl (C=O) groups is 2. The van der Waals surface area contributed by atoms with Gasteiger partial charge in [0.25, 0.3) is 5.91 Å². The average Bonchev–Trinajstić information content (AvgIpc) is 3.09. The lowest BCUT2D eigenvalue weighted by Crippen LogP contribution is -2.29. The zero-order valence-corrected chi connectivity index (χ0v) is 17.8. The molecule has 9 nitrogen and oxygen atoms in total. The minimum absolute atomic E-state index is 0.0889. The number of amides is 2. The first kappa shape index (κ1) is 21.5. The molecule has 0 aliphatic heterocycles. The number of fused-ring (bicyclic) bond motifs is 1. The third kappa shape index (κ3) is 5.24. The molecule has 30 heavy (non-hydrogen) atoms. The SMILES string of the molecule is CC(=O)NCCCNC(=O)c1cnc(-c2cnn3cc(Cl)cnc23)cc1NC(C)C. The van der Waals surface area contributed by atoms with Crippen molar-refractivity contribution in [3.05, 3.63) is 41.4 Å². The van der Waals surface area contributed by atoms with Crippen LogP contribution in [0.25, 0.3) is 16.9 Å². The first-order valence-corrected chi connectivity index (χ1v) is 10.0. The van der Waals surface area contributed by atoms with Crippen molar-refractivity contribution in [3.8, 4) is 11.3 Å². The molecule has 0 saturated heterocycles. The lowest BCUT2D eigenvalue weighted by Gasteiger charge is -2.15. The van der Waals surface area contributed by atoms with Gasteiger partial charge in [0.2, 0.25) is 5.91 Å². The molecule has 3 N–H and O–H groups in total. The van der Waals surface area contributed by atoms with Crippen LogP contribution in [0.15, 0.2) is 30.9 Å². The monoisotopic (exact) mass is 429 g/mol. The maximum atomic E-state index is 12.7. The standard InChI is InChI=1S/C20H24ClN7O2/c1-12(2)27-18-7-17(15-10-26-28-11-14(21)8-25-19(15)28)24-9-16(18)20(30)23-6-4-5-22-13(3)29/h7-12H,4-6H2,1-3H3,(H,22,29)(H,23,30)(H,24,27). The van der Waals surface area contributed by atoms with Crippen LogP contribution in [0.5, 0.6) is 0 Å². The number of hydrogen-bond donors (Lipinski definition) is 3. The van der Waals surface area contributed by atoms with Gasteiger partial charge in [-0.1, -0.05) is 11.6 Å². The molecule has 0 aliphatic rings. The Kier molecular flexibility index (Phi) is 6.83. The Bertz CT molecular complexity index is 1060. The summed E-state index contributed by atoms with van der Waals surface area (Å²) in [7, 11) is 0. The van der Waals surface area contributed by atoms with E-state index in [0.717, 1.165) is 5.56 Å². The summed E-state index contributed by atoms with van der Waals surface area (Å²) >= 11 is 5.97. The lowest BCUT2D eigenvalue weighted by molar-refractivity contribution is -0.118. The molecule has 158 valence electrons. The van der Waals surface area contributed by atoms with E-state index in [1.807, 2.05) is 19.9 Å². The van der Waals surface area contributed by atoms with Gasteiger partial charge in [0.15, 0.2) is 5.65 Å². The van der Waals surface area contributed by atoms with E-state index in [1.165, 1.54) is 6.92 Å². The van der Waals surface area contributed by atoms with Gasteiger partial charge >= 0.3 is 0 Å². The second kappa shape index (κ2) is 9.53. The Balaban J connectivity index is 1.82. The average molecular weight is 430 g/mol. The van der Waals surface area contributed by atoms with Crippen molar-refractivity contribution in [2.75, 3.05) is 18.4 Å². The molecule has 3 aromatic rings. The van der Waals surface area contributed by atoms with Crippen molar-refractivity contribution in [3.63, 3.8) is 0 Å². The van der Waals surface area contributed by atoms with E-state index in [-0.39, 0.29) is 17.9 Å². The van der Waals surface area contributed by atoms with Crippen molar-refractivity contribution >= 4 is 34.7 Å². The smallest absolute Gasteiger partial charge is 0.254 e. The van der Waals surface area contributed by atoms with Gasteiger partial charge in [-0.05, 0) is 26.3 Å². The molecule has 0 radical (unpaired) electrons. The fraction of sp³-hybridized carbons (Fsp3) is 0.350. The molecule has 0 bridgehead atoms. The van der Waals surface area contributed by atoms with Gasteiger partial charge in [-0.2, -0.15) is 5.10 Å². The normalized spacial score (nSPS) is 11.0. The van der Waals surface area contributed by atoms with Gasteiger partial charge in [0, 0.05) is 38.4 Å². The van der Waals surface area contributed by atoms with Gasteiger partial charge in [0.1, 0.15) is 0 Å². The highest BCUT2D eigenvalue weighted by Gasteiger charge is 2.17. The Morgan fingerprint density at radius 2 is 1.90 bits per heavy atom. The van der Waals surface area contributed by atoms with E-state index in [1.54, 1.807) is 29.3 Å². The molecule has 10 heteroatoms. The van der Waals surface area contributed by atoms with Gasteiger partial charge in [0.05, 0.1) is 39.9 Å². The number of aromatic nitrogens is 4. The molecule has 3 aromatic heterocycles. The minimum Gasteiger partial charge on any atom is -0.382 e. The Morgan fingerprint density at radius 3 is 2.63 bits per heavy atom. The molecule has 0 fully saturated rings. The summed E-state index contributed by atoms with van der Waals surface area (Å²) in [5.41, 5.74) is 3.12. The van der Waals surface area contributed by atoms with Crippen LogP contribution in [-0.2, 0) is 4.79 Å². The zero-order chi connectivity index (χ0) is 21.7. The van der Waals surface area contributed by atoms with Gasteiger partial charge in [-0.3, -0.25) is 14.6 Å². The maximum Gasteiger partial charge on any atom is 0.254 e. The number of anilines is 1. The van der Waals surface area contributed by atoms with Crippen molar-refractivity contribution in [2.24, 2.45) is 0 Å². The van der Waals surface area contributed by atoms with Gasteiger partial charge in [-0.15, -0.1) is 0 Å². The first-order chi connectivity index (χ1) is 14.3. The summed E-state index contributed by atoms with van der Waals surface area (Å²) in [4.78, 5) is 32.4. The number of nitrogens with zero attached hydrogens (tertiary/aromatic N) is 4. The van der Waals surface area contributed by atoms with Crippen molar-refractivity contribution in [1.82, 2.24) is 30.2 Å². The van der Waals surface area contributed by atoms with Crippen molar-refractivity contribution < 1.29 is 9.59 Å². The molecule has 0 atom stereocenters. The molecule has 0 saturated carbocycles. The van der Waals surface area contributed by atoms with Crippen LogP contribution in [0.4, 0.5) is 5.69 Å². The summed E-state index contributed by atoms with van der Waals surface area (Å²) in [5, 5.41) is 13.6. The highest BCUT2D eigenvalue weighted by molar-refractivity contribution is 6.30. The predicted molar refractivity (Wildman–Crippen MR) is 116 cm³/mol. The number of carbonyl (C=O) groups excluding carboxylic acids is 2. The lowest BCUT2D eigenvalue weighted by atomic mass is 10.1. The van der Waals surface area contributed by atoms with E-state index >= 15 is 0 Å². The molecule has 0 unspecified atom stereocenters. The largest absolute Gasteiger partial charge is 0.382 e. The Hall–Kier alpha value is -3.20. The van der Waals surface area contributed by atoms with E-state index in [4.69, 9.17) is 11.6 Å². The molecule has 0 aliphatic carbocycles. The molecule has 0 aromatic carbocycles. The second-order valence-electron chi connectivity index (χ2n) is 7.11. The highest BCUT2D eigenvalue weighted by Crippen LogP contribution is 2.27. The van der Waals surface area contributed by atoms with E-state index in [0.29, 0.717) is 47.1 Å². The Labute approximate surface area is 179 Å². The summed E-state index contributed by atoms with van der Waals surface area (Å²) < 4.78 is 1.59. The Morgan fingerprint density at radius 1 is 1.13 bits per heavy atom. The van der Waals surface area contributed by atoms with Crippen molar-refractivity contribution in [1.29, 1.82) is 0 Å². The second-order valence-corrected chi connectivity index (χ2v) is 7.54. The summed E-state index contributed by atoms with van der Waals surface area (Å²) in [5.74, 6) is -0.321. The number of pyridine rings is 1. The van der Waals surface area contributed by atoms with Crippen LogP contribution in [-0.4, -0.2) is 50.5 Å². The van der Waals surface area contributed by atoms with Gasteiger partial charge in [-0.25, -0.2) is 9.50 Å². The number of nitrogens with one attached hydrogen (secondary N) is 3. The van der Waals surface area contributed by atoms with Crippen LogP contribution >= 0.6 is 11.6 Å². The molecule has 0 spiro atoms. The van der Waals surface area contributed by atoms with Gasteiger partial charge < -0.3 is 16.0 Å². The molecule has 2 amide bonds. The third-order valence-corrected chi connectivity index (χ3v) is 4.40. The third-order valence-electron chi connectivity index (χ3n) is 4.21. The fourth-order valence-corrected chi connectivity index (χ4v) is 3.04. The molecule has 3 heterocycles. The van der Waals surface area contributed by atoms with Crippen LogP contribution < -0.4 is 16.0 Å². The summed E-state index contributed by atoms with van der Waals surface area (Å²) in [6.07, 6.45) is 7.08. The fourth-order valence-electron chi connectivity index (χ4n) is 2.90. The van der Waals surface area contributed by atoms with Crippen LogP contribution in [0, 0.1) is 0 Å².